The Morgan fingerprint density at radius 1 is 1.38 bits per heavy atom. The van der Waals surface area contributed by atoms with Crippen LogP contribution in [0.4, 0.5) is 0 Å². The van der Waals surface area contributed by atoms with Crippen LogP contribution in [-0.4, -0.2) is 9.97 Å². The van der Waals surface area contributed by atoms with E-state index in [4.69, 9.17) is 11.6 Å². The van der Waals surface area contributed by atoms with Crippen LogP contribution in [0.5, 0.6) is 0 Å². The molecule has 0 aliphatic heterocycles. The molecule has 1 aromatic carbocycles. The number of rotatable bonds is 3. The smallest absolute Gasteiger partial charge is 0.107 e. The van der Waals surface area contributed by atoms with Gasteiger partial charge in [-0.05, 0) is 23.8 Å². The molecule has 2 nitrogen and oxygen atoms in total. The minimum atomic E-state index is -0.0991. The van der Waals surface area contributed by atoms with Crippen molar-refractivity contribution >= 4 is 43.5 Å². The monoisotopic (exact) mass is 362 g/mol. The van der Waals surface area contributed by atoms with E-state index in [-0.39, 0.29) is 5.38 Å². The van der Waals surface area contributed by atoms with Crippen molar-refractivity contribution in [1.82, 2.24) is 9.97 Å². The fraction of sp³-hybridized carbons (Fsp3) is 0.182. The lowest BCUT2D eigenvalue weighted by atomic mass is 10.1. The van der Waals surface area contributed by atoms with Crippen molar-refractivity contribution in [1.29, 1.82) is 0 Å². The first-order valence-corrected chi connectivity index (χ1v) is 6.76. The van der Waals surface area contributed by atoms with E-state index in [0.717, 1.165) is 20.3 Å². The zero-order valence-corrected chi connectivity index (χ0v) is 12.2. The molecule has 0 saturated carbocycles. The molecule has 0 aliphatic rings. The summed E-state index contributed by atoms with van der Waals surface area (Å²) in [5, 5.41) is -0.0991. The molecule has 0 radical (unpaired) electrons. The highest BCUT2D eigenvalue weighted by Crippen LogP contribution is 2.32. The molecule has 1 unspecified atom stereocenters. The van der Waals surface area contributed by atoms with Gasteiger partial charge >= 0.3 is 0 Å². The average Bonchev–Trinajstić information content (AvgIpc) is 2.74. The van der Waals surface area contributed by atoms with E-state index in [1.165, 1.54) is 0 Å². The Morgan fingerprint density at radius 3 is 2.88 bits per heavy atom. The van der Waals surface area contributed by atoms with Crippen LogP contribution in [-0.2, 0) is 6.42 Å². The topological polar surface area (TPSA) is 28.7 Å². The Morgan fingerprint density at radius 2 is 2.19 bits per heavy atom. The highest BCUT2D eigenvalue weighted by Gasteiger charge is 2.13. The Kier molecular flexibility index (Phi) is 4.05. The van der Waals surface area contributed by atoms with Gasteiger partial charge in [0.25, 0.3) is 0 Å². The number of nitrogens with one attached hydrogen (secondary N) is 1. The molecule has 16 heavy (non-hydrogen) atoms. The number of halogens is 3. The predicted molar refractivity (Wildman–Crippen MR) is 72.7 cm³/mol. The second kappa shape index (κ2) is 5.34. The Labute approximate surface area is 116 Å². The molecule has 2 rings (SSSR count). The molecule has 2 aromatic rings. The highest BCUT2D eigenvalue weighted by molar-refractivity contribution is 9.11. The molecule has 84 valence electrons. The lowest BCUT2D eigenvalue weighted by molar-refractivity contribution is 0.851. The highest BCUT2D eigenvalue weighted by atomic mass is 79.9. The first kappa shape index (κ1) is 12.1. The van der Waals surface area contributed by atoms with Crippen LogP contribution in [0.2, 0.25) is 0 Å². The van der Waals surface area contributed by atoms with Gasteiger partial charge < -0.3 is 4.98 Å². The molecule has 1 aromatic heterocycles. The van der Waals surface area contributed by atoms with E-state index in [9.17, 15) is 0 Å². The van der Waals surface area contributed by atoms with E-state index in [1.807, 2.05) is 18.2 Å². The van der Waals surface area contributed by atoms with Gasteiger partial charge in [0.15, 0.2) is 0 Å². The van der Waals surface area contributed by atoms with Gasteiger partial charge in [-0.25, -0.2) is 4.98 Å². The fourth-order valence-corrected chi connectivity index (χ4v) is 2.80. The fourth-order valence-electron chi connectivity index (χ4n) is 1.44. The summed E-state index contributed by atoms with van der Waals surface area (Å²) in [7, 11) is 0. The third-order valence-corrected chi connectivity index (χ3v) is 3.83. The van der Waals surface area contributed by atoms with Gasteiger partial charge in [0.05, 0.1) is 5.38 Å². The maximum absolute atomic E-state index is 6.36. The molecule has 0 saturated heterocycles. The van der Waals surface area contributed by atoms with Gasteiger partial charge in [0.1, 0.15) is 5.82 Å². The van der Waals surface area contributed by atoms with Crippen LogP contribution in [0.1, 0.15) is 16.8 Å². The zero-order chi connectivity index (χ0) is 11.5. The van der Waals surface area contributed by atoms with Gasteiger partial charge in [0, 0.05) is 27.8 Å². The molecule has 1 heterocycles. The number of aromatic nitrogens is 2. The summed E-state index contributed by atoms with van der Waals surface area (Å²) in [6.45, 7) is 0. The van der Waals surface area contributed by atoms with Crippen LogP contribution in [0.15, 0.2) is 39.5 Å². The molecule has 1 N–H and O–H groups in total. The molecule has 0 amide bonds. The summed E-state index contributed by atoms with van der Waals surface area (Å²) in [6, 6.07) is 5.98. The third kappa shape index (κ3) is 2.87. The second-order valence-corrected chi connectivity index (χ2v) is 5.67. The Balaban J connectivity index is 2.20. The first-order valence-electron chi connectivity index (χ1n) is 4.74. The zero-order valence-electron chi connectivity index (χ0n) is 8.25. The summed E-state index contributed by atoms with van der Waals surface area (Å²) >= 11 is 13.3. The number of hydrogen-bond donors (Lipinski definition) is 1. The van der Waals surface area contributed by atoms with Gasteiger partial charge in [-0.3, -0.25) is 0 Å². The van der Waals surface area contributed by atoms with Crippen molar-refractivity contribution in [2.75, 3.05) is 0 Å². The second-order valence-electron chi connectivity index (χ2n) is 3.37. The molecule has 1 atom stereocenters. The van der Waals surface area contributed by atoms with Crippen molar-refractivity contribution in [3.63, 3.8) is 0 Å². The minimum absolute atomic E-state index is 0.0991. The molecule has 0 aliphatic carbocycles. The van der Waals surface area contributed by atoms with Crippen molar-refractivity contribution in [3.05, 3.63) is 50.9 Å². The molecule has 0 spiro atoms. The van der Waals surface area contributed by atoms with Gasteiger partial charge in [-0.15, -0.1) is 11.6 Å². The number of imidazole rings is 1. The van der Waals surface area contributed by atoms with Crippen molar-refractivity contribution in [2.24, 2.45) is 0 Å². The lowest BCUT2D eigenvalue weighted by Gasteiger charge is -2.11. The van der Waals surface area contributed by atoms with Gasteiger partial charge in [-0.1, -0.05) is 31.9 Å². The van der Waals surface area contributed by atoms with E-state index >= 15 is 0 Å². The van der Waals surface area contributed by atoms with E-state index < -0.39 is 0 Å². The molecular weight excluding hydrogens is 355 g/mol. The Bertz CT molecular complexity index is 471. The molecular formula is C11H9Br2ClN2. The predicted octanol–water partition coefficient (Wildman–Crippen LogP) is 4.46. The van der Waals surface area contributed by atoms with Crippen molar-refractivity contribution in [3.8, 4) is 0 Å². The summed E-state index contributed by atoms with van der Waals surface area (Å²) in [5.41, 5.74) is 1.06. The first-order chi connectivity index (χ1) is 7.66. The molecule has 0 fully saturated rings. The van der Waals surface area contributed by atoms with Crippen LogP contribution >= 0.6 is 43.5 Å². The molecule has 5 heteroatoms. The van der Waals surface area contributed by atoms with Crippen LogP contribution < -0.4 is 0 Å². The number of benzene rings is 1. The average molecular weight is 364 g/mol. The van der Waals surface area contributed by atoms with E-state index in [1.54, 1.807) is 12.4 Å². The summed E-state index contributed by atoms with van der Waals surface area (Å²) in [6.07, 6.45) is 4.22. The maximum Gasteiger partial charge on any atom is 0.107 e. The van der Waals surface area contributed by atoms with Crippen molar-refractivity contribution in [2.45, 2.75) is 11.8 Å². The number of alkyl halides is 1. The SMILES string of the molecule is ClC(Cc1ncc[nH]1)c1cc(Br)ccc1Br. The third-order valence-electron chi connectivity index (χ3n) is 2.22. The summed E-state index contributed by atoms with van der Waals surface area (Å²) in [5.74, 6) is 0.895. The van der Waals surface area contributed by atoms with Crippen LogP contribution in [0, 0.1) is 0 Å². The number of nitrogens with zero attached hydrogens (tertiary/aromatic N) is 1. The van der Waals surface area contributed by atoms with Gasteiger partial charge in [-0.2, -0.15) is 0 Å². The Hall–Kier alpha value is -0.320. The van der Waals surface area contributed by atoms with E-state index in [0.29, 0.717) is 6.42 Å². The lowest BCUT2D eigenvalue weighted by Crippen LogP contribution is -1.98. The number of H-pyrrole nitrogens is 1. The summed E-state index contributed by atoms with van der Waals surface area (Å²) < 4.78 is 2.04. The minimum Gasteiger partial charge on any atom is -0.349 e. The normalized spacial score (nSPS) is 12.7. The maximum atomic E-state index is 6.36. The summed E-state index contributed by atoms with van der Waals surface area (Å²) in [4.78, 5) is 7.22. The van der Waals surface area contributed by atoms with Gasteiger partial charge in [0.2, 0.25) is 0 Å². The van der Waals surface area contributed by atoms with Crippen molar-refractivity contribution < 1.29 is 0 Å². The van der Waals surface area contributed by atoms with Crippen LogP contribution in [0.3, 0.4) is 0 Å². The van der Waals surface area contributed by atoms with E-state index in [2.05, 4.69) is 41.8 Å². The number of aromatic amines is 1. The number of hydrogen-bond acceptors (Lipinski definition) is 1. The quantitative estimate of drug-likeness (QED) is 0.801. The van der Waals surface area contributed by atoms with Crippen LogP contribution in [0.25, 0.3) is 0 Å². The standard InChI is InChI=1S/C11H9Br2ClN2/c12-7-1-2-9(13)8(5-7)10(14)6-11-15-3-4-16-11/h1-5,10H,6H2,(H,15,16). The molecule has 0 bridgehead atoms. The largest absolute Gasteiger partial charge is 0.349 e.